The fourth-order valence-electron chi connectivity index (χ4n) is 0.329. The summed E-state index contributed by atoms with van der Waals surface area (Å²) >= 11 is 0. The Morgan fingerprint density at radius 2 is 1.33 bits per heavy atom. The van der Waals surface area contributed by atoms with Crippen molar-refractivity contribution in [3.8, 4) is 0 Å². The Morgan fingerprint density at radius 3 is 1.56 bits per heavy atom. The summed E-state index contributed by atoms with van der Waals surface area (Å²) in [5.41, 5.74) is 10.3. The van der Waals surface area contributed by atoms with Crippen LogP contribution in [0.1, 0.15) is 0 Å². The smallest absolute Gasteiger partial charge is 0.00750 e. The Kier molecular flexibility index (Phi) is 28.6. The normalized spacial score (nSPS) is 7.33. The van der Waals surface area contributed by atoms with Crippen LogP contribution in [-0.4, -0.2) is 26.2 Å². The second kappa shape index (κ2) is 15.8. The summed E-state index contributed by atoms with van der Waals surface area (Å²) in [6, 6.07) is 0. The number of nitrogens with one attached hydrogen (secondary N) is 1. The number of nitrogens with two attached hydrogens (primary N) is 2. The number of hydrogen-bond acceptors (Lipinski definition) is 4. The van der Waals surface area contributed by atoms with Crippen LogP contribution in [0.15, 0.2) is 0 Å². The first-order valence-electron chi connectivity index (χ1n) is 2.52. The molecule has 62 valence electrons. The second-order valence-electron chi connectivity index (χ2n) is 1.33. The molecule has 0 amide bonds. The maximum absolute atomic E-state index is 5.17. The summed E-state index contributed by atoms with van der Waals surface area (Å²) < 4.78 is 0. The van der Waals surface area contributed by atoms with E-state index in [0.29, 0.717) is 13.1 Å². The average molecular weight is 315 g/mol. The minimum Gasteiger partial charge on any atom is -0.344 e. The maximum Gasteiger partial charge on any atom is 0.00750 e. The van der Waals surface area contributed by atoms with Gasteiger partial charge in [0.25, 0.3) is 0 Å². The Balaban J connectivity index is -0.000000180. The molecule has 0 rings (SSSR count). The zero-order chi connectivity index (χ0) is 5.54. The van der Waals surface area contributed by atoms with Gasteiger partial charge in [-0.15, -0.1) is 0 Å². The fraction of sp³-hybridized carbons (Fsp3) is 1.00. The predicted octanol–water partition coefficient (Wildman–Crippen LogP) is -1.35. The summed E-state index contributed by atoms with van der Waals surface area (Å²) in [6.07, 6.45) is 0. The summed E-state index contributed by atoms with van der Waals surface area (Å²) in [5.74, 6) is 0. The van der Waals surface area contributed by atoms with E-state index in [1.54, 1.807) is 0 Å². The molecule has 8 N–H and O–H groups in total. The van der Waals surface area contributed by atoms with E-state index in [0.717, 1.165) is 13.1 Å². The zero-order valence-electron chi connectivity index (χ0n) is 5.51. The standard InChI is InChI=1S/C4H13N3.H3N.Pt/c5-1-3-7-4-2-6;;/h7H,1-6H2;1H3;. The van der Waals surface area contributed by atoms with Crippen LogP contribution in [-0.2, 0) is 21.1 Å². The molecule has 0 aliphatic rings. The van der Waals surface area contributed by atoms with Gasteiger partial charge in [-0.1, -0.05) is 0 Å². The van der Waals surface area contributed by atoms with E-state index in [2.05, 4.69) is 5.32 Å². The molecule has 0 unspecified atom stereocenters. The van der Waals surface area contributed by atoms with E-state index < -0.39 is 0 Å². The van der Waals surface area contributed by atoms with Gasteiger partial charge in [0.05, 0.1) is 0 Å². The van der Waals surface area contributed by atoms with E-state index in [9.17, 15) is 0 Å². The molecular formula is C4H16N4Pt. The Labute approximate surface area is 70.6 Å². The van der Waals surface area contributed by atoms with Crippen LogP contribution < -0.4 is 22.9 Å². The van der Waals surface area contributed by atoms with Crippen molar-refractivity contribution in [1.82, 2.24) is 11.5 Å². The van der Waals surface area contributed by atoms with Crippen LogP contribution >= 0.6 is 0 Å². The molecule has 0 aromatic heterocycles. The van der Waals surface area contributed by atoms with Crippen LogP contribution in [0.5, 0.6) is 0 Å². The SMILES string of the molecule is N.NCCNCCN.[Pt]. The number of hydrogen-bond donors (Lipinski definition) is 4. The molecule has 4 nitrogen and oxygen atoms in total. The van der Waals surface area contributed by atoms with Crippen molar-refractivity contribution in [1.29, 1.82) is 0 Å². The molecule has 0 heterocycles. The van der Waals surface area contributed by atoms with Crippen molar-refractivity contribution >= 4 is 0 Å². The molecule has 0 aliphatic heterocycles. The van der Waals surface area contributed by atoms with Crippen molar-refractivity contribution in [2.45, 2.75) is 0 Å². The van der Waals surface area contributed by atoms with Gasteiger partial charge in [0.2, 0.25) is 0 Å². The molecule has 0 atom stereocenters. The van der Waals surface area contributed by atoms with E-state index in [-0.39, 0.29) is 27.2 Å². The Bertz CT molecular complexity index is 31.7. The van der Waals surface area contributed by atoms with Gasteiger partial charge in [-0.25, -0.2) is 0 Å². The van der Waals surface area contributed by atoms with Gasteiger partial charge in [0.1, 0.15) is 0 Å². The van der Waals surface area contributed by atoms with Gasteiger partial charge >= 0.3 is 0 Å². The molecule has 0 saturated carbocycles. The van der Waals surface area contributed by atoms with Crippen LogP contribution in [0, 0.1) is 0 Å². The monoisotopic (exact) mass is 315 g/mol. The molecule has 9 heavy (non-hydrogen) atoms. The van der Waals surface area contributed by atoms with Gasteiger partial charge in [-0.05, 0) is 0 Å². The molecule has 0 fully saturated rings. The first-order chi connectivity index (χ1) is 3.41. The van der Waals surface area contributed by atoms with Gasteiger partial charge in [0.15, 0.2) is 0 Å². The topological polar surface area (TPSA) is 99.1 Å². The van der Waals surface area contributed by atoms with E-state index >= 15 is 0 Å². The third kappa shape index (κ3) is 17.7. The van der Waals surface area contributed by atoms with E-state index in [1.807, 2.05) is 0 Å². The summed E-state index contributed by atoms with van der Waals surface area (Å²) in [7, 11) is 0. The van der Waals surface area contributed by atoms with E-state index in [1.165, 1.54) is 0 Å². The van der Waals surface area contributed by atoms with Crippen molar-refractivity contribution in [3.63, 3.8) is 0 Å². The fourth-order valence-corrected chi connectivity index (χ4v) is 0.329. The van der Waals surface area contributed by atoms with Crippen molar-refractivity contribution in [2.24, 2.45) is 11.5 Å². The molecule has 5 heteroatoms. The van der Waals surface area contributed by atoms with Crippen LogP contribution in [0.25, 0.3) is 0 Å². The Morgan fingerprint density at radius 1 is 1.00 bits per heavy atom. The minimum atomic E-state index is 0. The maximum atomic E-state index is 5.17. The number of rotatable bonds is 4. The Hall–Kier alpha value is 0.528. The van der Waals surface area contributed by atoms with Gasteiger partial charge in [0, 0.05) is 47.2 Å². The second-order valence-corrected chi connectivity index (χ2v) is 1.33. The molecule has 0 aromatic carbocycles. The van der Waals surface area contributed by atoms with Gasteiger partial charge in [-0.2, -0.15) is 0 Å². The van der Waals surface area contributed by atoms with Gasteiger partial charge < -0.3 is 22.9 Å². The van der Waals surface area contributed by atoms with Crippen LogP contribution in [0.3, 0.4) is 0 Å². The zero-order valence-corrected chi connectivity index (χ0v) is 7.78. The molecule has 0 spiro atoms. The quantitative estimate of drug-likeness (QED) is 0.482. The average Bonchev–Trinajstić information content (AvgIpc) is 1.69. The van der Waals surface area contributed by atoms with Crippen LogP contribution in [0.2, 0.25) is 0 Å². The summed E-state index contributed by atoms with van der Waals surface area (Å²) in [6.45, 7) is 3.13. The first kappa shape index (κ1) is 16.3. The molecule has 0 aromatic rings. The van der Waals surface area contributed by atoms with E-state index in [4.69, 9.17) is 11.5 Å². The van der Waals surface area contributed by atoms with Crippen molar-refractivity contribution in [3.05, 3.63) is 0 Å². The largest absolute Gasteiger partial charge is 0.344 e. The van der Waals surface area contributed by atoms with Gasteiger partial charge in [-0.3, -0.25) is 0 Å². The molecule has 0 aliphatic carbocycles. The summed E-state index contributed by atoms with van der Waals surface area (Å²) in [5, 5.41) is 3.03. The third-order valence-electron chi connectivity index (χ3n) is 0.642. The molecule has 0 saturated heterocycles. The summed E-state index contributed by atoms with van der Waals surface area (Å²) in [4.78, 5) is 0. The molecule has 0 radical (unpaired) electrons. The molecular weight excluding hydrogens is 299 g/mol. The van der Waals surface area contributed by atoms with Crippen LogP contribution in [0.4, 0.5) is 0 Å². The molecule has 0 bridgehead atoms. The minimum absolute atomic E-state index is 0. The van der Waals surface area contributed by atoms with Crippen molar-refractivity contribution < 1.29 is 21.1 Å². The first-order valence-corrected chi connectivity index (χ1v) is 2.52. The predicted molar refractivity (Wildman–Crippen MR) is 36.0 cm³/mol. The third-order valence-corrected chi connectivity index (χ3v) is 0.642. The van der Waals surface area contributed by atoms with Crippen molar-refractivity contribution in [2.75, 3.05) is 26.2 Å².